The number of carboxylic acids is 1. The first-order valence-electron chi connectivity index (χ1n) is 6.11. The second-order valence-electron chi connectivity index (χ2n) is 4.98. The van der Waals surface area contributed by atoms with Crippen molar-refractivity contribution in [2.75, 3.05) is 17.7 Å². The van der Waals surface area contributed by atoms with Gasteiger partial charge in [0.15, 0.2) is 9.84 Å². The van der Waals surface area contributed by atoms with Gasteiger partial charge >= 0.3 is 5.97 Å². The van der Waals surface area contributed by atoms with Gasteiger partial charge in [0.25, 0.3) is 0 Å². The topological polar surface area (TPSA) is 74.7 Å². The summed E-state index contributed by atoms with van der Waals surface area (Å²) in [6, 6.07) is 5.90. The van der Waals surface area contributed by atoms with Gasteiger partial charge in [-0.1, -0.05) is 19.1 Å². The third-order valence-corrected chi connectivity index (χ3v) is 4.67. The van der Waals surface area contributed by atoms with Crippen LogP contribution in [0.4, 0.5) is 5.69 Å². The number of rotatable bonds is 3. The van der Waals surface area contributed by atoms with Crippen LogP contribution in [0.25, 0.3) is 0 Å². The number of anilines is 1. The average molecular weight is 283 g/mol. The van der Waals surface area contributed by atoms with Crippen molar-refractivity contribution in [2.45, 2.75) is 24.3 Å². The van der Waals surface area contributed by atoms with Gasteiger partial charge in [-0.15, -0.1) is 0 Å². The monoisotopic (exact) mass is 283 g/mol. The molecule has 1 aliphatic heterocycles. The largest absolute Gasteiger partial charge is 0.480 e. The fraction of sp³-hybridized carbons (Fsp3) is 0.462. The van der Waals surface area contributed by atoms with E-state index in [0.717, 1.165) is 12.7 Å². The van der Waals surface area contributed by atoms with Gasteiger partial charge in [0.2, 0.25) is 0 Å². The molecule has 1 N–H and O–H groups in total. The fourth-order valence-electron chi connectivity index (χ4n) is 2.60. The molecule has 1 fully saturated rings. The Hall–Kier alpha value is -1.56. The average Bonchev–Trinajstić information content (AvgIpc) is 2.70. The summed E-state index contributed by atoms with van der Waals surface area (Å²) in [4.78, 5) is 13.2. The van der Waals surface area contributed by atoms with Crippen LogP contribution in [0, 0.1) is 5.92 Å². The summed E-state index contributed by atoms with van der Waals surface area (Å²) in [6.45, 7) is 2.44. The van der Waals surface area contributed by atoms with Crippen molar-refractivity contribution >= 4 is 21.5 Å². The molecule has 2 unspecified atom stereocenters. The highest BCUT2D eigenvalue weighted by Gasteiger charge is 2.38. The van der Waals surface area contributed by atoms with Crippen molar-refractivity contribution in [3.63, 3.8) is 0 Å². The summed E-state index contributed by atoms with van der Waals surface area (Å²) < 4.78 is 23.6. The molecular formula is C13H17NO4S. The smallest absolute Gasteiger partial charge is 0.326 e. The fourth-order valence-corrected chi connectivity index (χ4v) is 3.49. The summed E-state index contributed by atoms with van der Waals surface area (Å²) in [6.07, 6.45) is 1.89. The molecule has 1 heterocycles. The highest BCUT2D eigenvalue weighted by molar-refractivity contribution is 7.90. The Kier molecular flexibility index (Phi) is 3.54. The second-order valence-corrected chi connectivity index (χ2v) is 6.97. The second kappa shape index (κ2) is 4.85. The van der Waals surface area contributed by atoms with E-state index in [-0.39, 0.29) is 10.8 Å². The molecule has 0 bridgehead atoms. The first kappa shape index (κ1) is 13.9. The van der Waals surface area contributed by atoms with Crippen molar-refractivity contribution in [2.24, 2.45) is 5.92 Å². The summed E-state index contributed by atoms with van der Waals surface area (Å²) in [5.74, 6) is -0.904. The Morgan fingerprint density at radius 1 is 1.37 bits per heavy atom. The standard InChI is InChI=1S/C13H17NO4S/c1-9-7-8-14(12(9)13(15)16)10-5-3-4-6-11(10)19(2,17)18/h3-6,9,12H,7-8H2,1-2H3,(H,15,16). The molecule has 0 amide bonds. The maximum atomic E-state index is 11.8. The minimum atomic E-state index is -3.37. The number of carboxylic acid groups (broad SMARTS) is 1. The SMILES string of the molecule is CC1CCN(c2ccccc2S(C)(=O)=O)C1C(=O)O. The molecule has 0 spiro atoms. The normalized spacial score (nSPS) is 23.6. The maximum absolute atomic E-state index is 11.8. The zero-order valence-corrected chi connectivity index (χ0v) is 11.7. The molecule has 19 heavy (non-hydrogen) atoms. The van der Waals surface area contributed by atoms with Gasteiger partial charge in [0.1, 0.15) is 6.04 Å². The predicted octanol–water partition coefficient (Wildman–Crippen LogP) is 1.39. The van der Waals surface area contributed by atoms with Gasteiger partial charge in [0.05, 0.1) is 10.6 Å². The summed E-state index contributed by atoms with van der Waals surface area (Å²) in [5.41, 5.74) is 0.488. The van der Waals surface area contributed by atoms with Gasteiger partial charge in [0, 0.05) is 12.8 Å². The lowest BCUT2D eigenvalue weighted by molar-refractivity contribution is -0.139. The molecule has 0 radical (unpaired) electrons. The first-order chi connectivity index (χ1) is 8.82. The number of aliphatic carboxylic acids is 1. The van der Waals surface area contributed by atoms with E-state index in [1.807, 2.05) is 6.92 Å². The molecule has 2 atom stereocenters. The Morgan fingerprint density at radius 3 is 2.58 bits per heavy atom. The molecule has 0 aromatic heterocycles. The molecule has 6 heteroatoms. The number of sulfone groups is 1. The predicted molar refractivity (Wildman–Crippen MR) is 72.1 cm³/mol. The molecule has 1 aromatic rings. The lowest BCUT2D eigenvalue weighted by Gasteiger charge is -2.27. The van der Waals surface area contributed by atoms with E-state index in [4.69, 9.17) is 0 Å². The summed E-state index contributed by atoms with van der Waals surface area (Å²) >= 11 is 0. The minimum absolute atomic E-state index is 0.00474. The lowest BCUT2D eigenvalue weighted by atomic mass is 10.0. The number of para-hydroxylation sites is 1. The van der Waals surface area contributed by atoms with Gasteiger partial charge in [-0.2, -0.15) is 0 Å². The Morgan fingerprint density at radius 2 is 2.00 bits per heavy atom. The molecule has 0 saturated carbocycles. The summed E-state index contributed by atoms with van der Waals surface area (Å²) in [5, 5.41) is 9.32. The third-order valence-electron chi connectivity index (χ3n) is 3.53. The van der Waals surface area contributed by atoms with Crippen molar-refractivity contribution < 1.29 is 18.3 Å². The summed E-state index contributed by atoms with van der Waals surface area (Å²) in [7, 11) is -3.37. The van der Waals surface area contributed by atoms with Crippen molar-refractivity contribution in [1.82, 2.24) is 0 Å². The van der Waals surface area contributed by atoms with E-state index in [9.17, 15) is 18.3 Å². The molecule has 0 aliphatic carbocycles. The number of benzene rings is 1. The third kappa shape index (κ3) is 2.58. The molecule has 1 aromatic carbocycles. The van der Waals surface area contributed by atoms with Crippen LogP contribution < -0.4 is 4.90 Å². The molecule has 5 nitrogen and oxygen atoms in total. The van der Waals surface area contributed by atoms with Gasteiger partial charge in [-0.25, -0.2) is 13.2 Å². The van der Waals surface area contributed by atoms with E-state index in [2.05, 4.69) is 0 Å². The quantitative estimate of drug-likeness (QED) is 0.907. The van der Waals surface area contributed by atoms with Crippen molar-refractivity contribution in [1.29, 1.82) is 0 Å². The van der Waals surface area contributed by atoms with Crippen LogP contribution in [0.3, 0.4) is 0 Å². The van der Waals surface area contributed by atoms with E-state index in [1.165, 1.54) is 6.07 Å². The van der Waals surface area contributed by atoms with Crippen LogP contribution in [0.5, 0.6) is 0 Å². The number of hydrogen-bond acceptors (Lipinski definition) is 4. The van der Waals surface area contributed by atoms with Crippen LogP contribution in [-0.4, -0.2) is 38.3 Å². The van der Waals surface area contributed by atoms with E-state index in [0.29, 0.717) is 12.2 Å². The molecule has 2 rings (SSSR count). The molecular weight excluding hydrogens is 266 g/mol. The van der Waals surface area contributed by atoms with E-state index in [1.54, 1.807) is 23.1 Å². The van der Waals surface area contributed by atoms with Crippen molar-refractivity contribution in [3.05, 3.63) is 24.3 Å². The number of carbonyl (C=O) groups is 1. The highest BCUT2D eigenvalue weighted by atomic mass is 32.2. The Balaban J connectivity index is 2.51. The molecule has 1 saturated heterocycles. The highest BCUT2D eigenvalue weighted by Crippen LogP contribution is 2.33. The van der Waals surface area contributed by atoms with Gasteiger partial charge < -0.3 is 10.0 Å². The number of hydrogen-bond donors (Lipinski definition) is 1. The lowest BCUT2D eigenvalue weighted by Crippen LogP contribution is -2.39. The Bertz CT molecular complexity index is 596. The molecule has 104 valence electrons. The Labute approximate surface area is 112 Å². The van der Waals surface area contributed by atoms with Gasteiger partial charge in [-0.05, 0) is 24.5 Å². The van der Waals surface area contributed by atoms with Crippen LogP contribution in [-0.2, 0) is 14.6 Å². The first-order valence-corrected chi connectivity index (χ1v) is 8.00. The van der Waals surface area contributed by atoms with Crippen LogP contribution in [0.1, 0.15) is 13.3 Å². The maximum Gasteiger partial charge on any atom is 0.326 e. The minimum Gasteiger partial charge on any atom is -0.480 e. The van der Waals surface area contributed by atoms with E-state index >= 15 is 0 Å². The van der Waals surface area contributed by atoms with Crippen LogP contribution >= 0.6 is 0 Å². The van der Waals surface area contributed by atoms with Crippen molar-refractivity contribution in [3.8, 4) is 0 Å². The van der Waals surface area contributed by atoms with Gasteiger partial charge in [-0.3, -0.25) is 0 Å². The van der Waals surface area contributed by atoms with Crippen LogP contribution in [0.2, 0.25) is 0 Å². The van der Waals surface area contributed by atoms with Crippen LogP contribution in [0.15, 0.2) is 29.2 Å². The molecule has 1 aliphatic rings. The van der Waals surface area contributed by atoms with E-state index < -0.39 is 21.8 Å². The number of nitrogens with zero attached hydrogens (tertiary/aromatic N) is 1. The zero-order chi connectivity index (χ0) is 14.2. The zero-order valence-electron chi connectivity index (χ0n) is 10.9.